The van der Waals surface area contributed by atoms with E-state index in [1.54, 1.807) is 11.1 Å². The Bertz CT molecular complexity index is 669. The number of rotatable bonds is 5. The number of nitrogens with zero attached hydrogens (tertiary/aromatic N) is 3. The number of aliphatic hydroxyl groups is 1. The summed E-state index contributed by atoms with van der Waals surface area (Å²) in [4.78, 5) is 2.56. The van der Waals surface area contributed by atoms with Gasteiger partial charge < -0.3 is 5.11 Å². The number of aromatic nitrogens is 2. The molecule has 4 nitrogen and oxygen atoms in total. The number of allylic oxidation sites excluding steroid dienone is 1. The molecule has 25 heavy (non-hydrogen) atoms. The van der Waals surface area contributed by atoms with Crippen molar-refractivity contribution in [3.8, 4) is 0 Å². The first-order valence-corrected chi connectivity index (χ1v) is 10.1. The molecule has 1 aliphatic heterocycles. The maximum absolute atomic E-state index is 10.3. The van der Waals surface area contributed by atoms with Crippen molar-refractivity contribution >= 4 is 0 Å². The molecule has 3 aliphatic rings. The molecule has 0 radical (unpaired) electrons. The molecular formula is C21H33N3O. The molecule has 4 rings (SSSR count). The molecule has 4 heteroatoms. The van der Waals surface area contributed by atoms with Crippen LogP contribution in [0, 0.1) is 11.3 Å². The van der Waals surface area contributed by atoms with Crippen LogP contribution in [0.3, 0.4) is 0 Å². The number of hydrogen-bond acceptors (Lipinski definition) is 3. The highest BCUT2D eigenvalue weighted by molar-refractivity contribution is 5.23. The Morgan fingerprint density at radius 3 is 2.84 bits per heavy atom. The summed E-state index contributed by atoms with van der Waals surface area (Å²) in [5, 5.41) is 15.0. The fourth-order valence-corrected chi connectivity index (χ4v) is 4.83. The lowest BCUT2D eigenvalue weighted by molar-refractivity contribution is 0.147. The van der Waals surface area contributed by atoms with Crippen molar-refractivity contribution in [2.45, 2.75) is 78.5 Å². The van der Waals surface area contributed by atoms with Gasteiger partial charge in [0.15, 0.2) is 0 Å². The van der Waals surface area contributed by atoms with Crippen LogP contribution in [0.2, 0.25) is 0 Å². The van der Waals surface area contributed by atoms with Crippen molar-refractivity contribution in [2.24, 2.45) is 11.3 Å². The predicted molar refractivity (Wildman–Crippen MR) is 100 cm³/mol. The monoisotopic (exact) mass is 343 g/mol. The second-order valence-corrected chi connectivity index (χ2v) is 9.09. The summed E-state index contributed by atoms with van der Waals surface area (Å²) in [6, 6.07) is 2.14. The Labute approximate surface area is 151 Å². The zero-order valence-corrected chi connectivity index (χ0v) is 16.1. The van der Waals surface area contributed by atoms with E-state index in [1.165, 1.54) is 31.4 Å². The molecule has 0 aromatic carbocycles. The smallest absolute Gasteiger partial charge is 0.101 e. The van der Waals surface area contributed by atoms with E-state index in [2.05, 4.69) is 41.5 Å². The highest BCUT2D eigenvalue weighted by Crippen LogP contribution is 2.42. The van der Waals surface area contributed by atoms with Gasteiger partial charge in [0.25, 0.3) is 0 Å². The van der Waals surface area contributed by atoms with E-state index in [-0.39, 0.29) is 6.10 Å². The molecule has 0 saturated heterocycles. The van der Waals surface area contributed by atoms with E-state index in [1.807, 2.05) is 0 Å². The largest absolute Gasteiger partial charge is 0.386 e. The summed E-state index contributed by atoms with van der Waals surface area (Å²) in [7, 11) is 0. The van der Waals surface area contributed by atoms with Gasteiger partial charge >= 0.3 is 0 Å². The Morgan fingerprint density at radius 2 is 2.12 bits per heavy atom. The molecule has 2 aliphatic carbocycles. The molecule has 0 amide bonds. The molecule has 138 valence electrons. The van der Waals surface area contributed by atoms with Crippen LogP contribution in [0.25, 0.3) is 0 Å². The van der Waals surface area contributed by atoms with Crippen LogP contribution in [0.5, 0.6) is 0 Å². The molecule has 2 heterocycles. The van der Waals surface area contributed by atoms with Gasteiger partial charge in [-0.05, 0) is 62.8 Å². The van der Waals surface area contributed by atoms with Crippen LogP contribution in [0.4, 0.5) is 0 Å². The van der Waals surface area contributed by atoms with Crippen molar-refractivity contribution in [1.82, 2.24) is 14.7 Å². The lowest BCUT2D eigenvalue weighted by Crippen LogP contribution is -2.35. The minimum absolute atomic E-state index is 0.345. The predicted octanol–water partition coefficient (Wildman–Crippen LogP) is 4.06. The summed E-state index contributed by atoms with van der Waals surface area (Å²) in [5.74, 6) is 0.455. The molecule has 1 unspecified atom stereocenters. The van der Waals surface area contributed by atoms with Gasteiger partial charge in [0, 0.05) is 19.6 Å². The van der Waals surface area contributed by atoms with Gasteiger partial charge in [0.1, 0.15) is 6.10 Å². The summed E-state index contributed by atoms with van der Waals surface area (Å²) in [6.45, 7) is 11.3. The van der Waals surface area contributed by atoms with E-state index in [0.29, 0.717) is 11.3 Å². The SMILES string of the molecule is CC1=C(CCN2CCn3nc(C(O)C4CC4)cc3C2)C(C)(C)CCC1. The van der Waals surface area contributed by atoms with Crippen LogP contribution >= 0.6 is 0 Å². The maximum Gasteiger partial charge on any atom is 0.101 e. The molecule has 1 N–H and O–H groups in total. The molecule has 1 aromatic heterocycles. The Hall–Kier alpha value is -1.13. The first-order chi connectivity index (χ1) is 11.9. The van der Waals surface area contributed by atoms with Gasteiger partial charge in [0.05, 0.1) is 17.9 Å². The lowest BCUT2D eigenvalue weighted by atomic mass is 9.71. The first kappa shape index (κ1) is 17.3. The second-order valence-electron chi connectivity index (χ2n) is 9.09. The third kappa shape index (κ3) is 3.56. The highest BCUT2D eigenvalue weighted by atomic mass is 16.3. The Balaban J connectivity index is 1.39. The summed E-state index contributed by atoms with van der Waals surface area (Å²) >= 11 is 0. The average molecular weight is 344 g/mol. The molecule has 1 atom stereocenters. The molecule has 0 bridgehead atoms. The third-order valence-electron chi connectivity index (χ3n) is 6.63. The van der Waals surface area contributed by atoms with E-state index in [9.17, 15) is 5.11 Å². The van der Waals surface area contributed by atoms with Crippen LogP contribution in [0.15, 0.2) is 17.2 Å². The number of aliphatic hydroxyl groups excluding tert-OH is 1. The molecule has 1 aromatic rings. The van der Waals surface area contributed by atoms with E-state index in [0.717, 1.165) is 44.7 Å². The third-order valence-corrected chi connectivity index (χ3v) is 6.63. The second kappa shape index (κ2) is 6.55. The highest BCUT2D eigenvalue weighted by Gasteiger charge is 2.33. The topological polar surface area (TPSA) is 41.3 Å². The number of fused-ring (bicyclic) bond motifs is 1. The lowest BCUT2D eigenvalue weighted by Gasteiger charge is -2.36. The summed E-state index contributed by atoms with van der Waals surface area (Å²) < 4.78 is 2.12. The van der Waals surface area contributed by atoms with E-state index < -0.39 is 0 Å². The van der Waals surface area contributed by atoms with Gasteiger partial charge in [0.2, 0.25) is 0 Å². The minimum atomic E-state index is -0.345. The molecule has 0 spiro atoms. The van der Waals surface area contributed by atoms with Crippen molar-refractivity contribution in [3.63, 3.8) is 0 Å². The summed E-state index contributed by atoms with van der Waals surface area (Å²) in [6.07, 6.45) is 7.12. The van der Waals surface area contributed by atoms with Crippen LogP contribution in [-0.4, -0.2) is 32.9 Å². The molecule has 1 fully saturated rings. The van der Waals surface area contributed by atoms with Gasteiger partial charge in [-0.2, -0.15) is 5.10 Å². The van der Waals surface area contributed by atoms with E-state index in [4.69, 9.17) is 0 Å². The van der Waals surface area contributed by atoms with Crippen molar-refractivity contribution in [1.29, 1.82) is 0 Å². The molecular weight excluding hydrogens is 310 g/mol. The minimum Gasteiger partial charge on any atom is -0.386 e. The quantitative estimate of drug-likeness (QED) is 0.820. The zero-order chi connectivity index (χ0) is 17.6. The van der Waals surface area contributed by atoms with Crippen molar-refractivity contribution in [2.75, 3.05) is 13.1 Å². The standard InChI is InChI=1S/C21H33N3O/c1-15-5-4-9-21(2,3)18(15)8-10-23-11-12-24-17(14-23)13-19(22-24)20(25)16-6-7-16/h13,16,20,25H,4-12,14H2,1-3H3. The van der Waals surface area contributed by atoms with Crippen LogP contribution in [0.1, 0.15) is 76.8 Å². The number of hydrogen-bond donors (Lipinski definition) is 1. The van der Waals surface area contributed by atoms with Crippen LogP contribution in [-0.2, 0) is 13.1 Å². The van der Waals surface area contributed by atoms with Crippen molar-refractivity contribution in [3.05, 3.63) is 28.6 Å². The zero-order valence-electron chi connectivity index (χ0n) is 16.1. The Kier molecular flexibility index (Phi) is 4.53. The fourth-order valence-electron chi connectivity index (χ4n) is 4.83. The van der Waals surface area contributed by atoms with Gasteiger partial charge in [-0.15, -0.1) is 0 Å². The van der Waals surface area contributed by atoms with Gasteiger partial charge in [-0.3, -0.25) is 9.58 Å². The van der Waals surface area contributed by atoms with Gasteiger partial charge in [-0.25, -0.2) is 0 Å². The van der Waals surface area contributed by atoms with Gasteiger partial charge in [-0.1, -0.05) is 25.0 Å². The summed E-state index contributed by atoms with van der Waals surface area (Å²) in [5.41, 5.74) is 5.87. The maximum atomic E-state index is 10.3. The molecule has 1 saturated carbocycles. The first-order valence-electron chi connectivity index (χ1n) is 10.1. The normalized spacial score (nSPS) is 25.1. The Morgan fingerprint density at radius 1 is 1.32 bits per heavy atom. The average Bonchev–Trinajstić information content (AvgIpc) is 3.32. The fraction of sp³-hybridized carbons (Fsp3) is 0.762. The van der Waals surface area contributed by atoms with Crippen LogP contribution < -0.4 is 0 Å². The van der Waals surface area contributed by atoms with E-state index >= 15 is 0 Å². The van der Waals surface area contributed by atoms with Crippen molar-refractivity contribution < 1.29 is 5.11 Å².